The number of morpholine rings is 1. The smallest absolute Gasteiger partial charge is 0.311 e. The standard InChI is InChI=1S/C14H25NO4/c1-3-5-6-11(4-2)12(17)19-14-7-13(9-16,10-18-14)15-8-14/h11,15-16H,3-10H2,1-2H3/t11?,13-,14+/m1/s1. The van der Waals surface area contributed by atoms with Crippen LogP contribution in [0.15, 0.2) is 0 Å². The van der Waals surface area contributed by atoms with Crippen molar-refractivity contribution in [1.29, 1.82) is 0 Å². The van der Waals surface area contributed by atoms with Crippen LogP contribution < -0.4 is 5.32 Å². The first-order valence-electron chi connectivity index (χ1n) is 7.31. The van der Waals surface area contributed by atoms with E-state index in [0.29, 0.717) is 19.6 Å². The highest BCUT2D eigenvalue weighted by molar-refractivity contribution is 5.72. The van der Waals surface area contributed by atoms with Crippen molar-refractivity contribution in [3.8, 4) is 0 Å². The third kappa shape index (κ3) is 2.93. The minimum absolute atomic E-state index is 0.0132. The fourth-order valence-corrected chi connectivity index (χ4v) is 2.90. The Hall–Kier alpha value is -0.650. The molecule has 2 fully saturated rings. The predicted molar refractivity (Wildman–Crippen MR) is 70.5 cm³/mol. The number of hydrogen-bond acceptors (Lipinski definition) is 5. The quantitative estimate of drug-likeness (QED) is 0.681. The summed E-state index contributed by atoms with van der Waals surface area (Å²) in [5.41, 5.74) is -0.411. The molecular weight excluding hydrogens is 246 g/mol. The van der Waals surface area contributed by atoms with E-state index in [1.54, 1.807) is 0 Å². The Morgan fingerprint density at radius 1 is 1.53 bits per heavy atom. The minimum atomic E-state index is -0.848. The van der Waals surface area contributed by atoms with E-state index in [1.807, 2.05) is 6.92 Å². The third-order valence-corrected chi connectivity index (χ3v) is 4.27. The van der Waals surface area contributed by atoms with Crippen LogP contribution in [-0.2, 0) is 14.3 Å². The van der Waals surface area contributed by atoms with Gasteiger partial charge < -0.3 is 19.9 Å². The zero-order valence-corrected chi connectivity index (χ0v) is 11.9. The summed E-state index contributed by atoms with van der Waals surface area (Å²) in [4.78, 5) is 12.2. The molecule has 0 aromatic heterocycles. The molecule has 2 bridgehead atoms. The van der Waals surface area contributed by atoms with Gasteiger partial charge in [-0.25, -0.2) is 0 Å². The second-order valence-electron chi connectivity index (χ2n) is 5.84. The molecule has 5 heteroatoms. The molecule has 110 valence electrons. The lowest BCUT2D eigenvalue weighted by Crippen LogP contribution is -2.50. The number of nitrogens with one attached hydrogen (secondary N) is 1. The van der Waals surface area contributed by atoms with E-state index in [2.05, 4.69) is 12.2 Å². The maximum atomic E-state index is 12.2. The molecule has 0 spiro atoms. The van der Waals surface area contributed by atoms with Gasteiger partial charge in [0.2, 0.25) is 5.79 Å². The summed E-state index contributed by atoms with van der Waals surface area (Å²) in [6.07, 6.45) is 4.35. The van der Waals surface area contributed by atoms with Gasteiger partial charge in [-0.05, 0) is 12.8 Å². The highest BCUT2D eigenvalue weighted by Gasteiger charge is 2.58. The van der Waals surface area contributed by atoms with Crippen LogP contribution in [-0.4, -0.2) is 42.2 Å². The molecule has 2 heterocycles. The monoisotopic (exact) mass is 271 g/mol. The van der Waals surface area contributed by atoms with Crippen molar-refractivity contribution in [2.75, 3.05) is 19.8 Å². The van der Waals surface area contributed by atoms with Gasteiger partial charge in [0.15, 0.2) is 0 Å². The van der Waals surface area contributed by atoms with Crippen LogP contribution in [0.5, 0.6) is 0 Å². The van der Waals surface area contributed by atoms with E-state index in [-0.39, 0.29) is 18.5 Å². The fourth-order valence-electron chi connectivity index (χ4n) is 2.90. The molecule has 5 nitrogen and oxygen atoms in total. The lowest BCUT2D eigenvalue weighted by Gasteiger charge is -2.29. The normalized spacial score (nSPS) is 34.5. The maximum absolute atomic E-state index is 12.2. The van der Waals surface area contributed by atoms with Gasteiger partial charge in [0.25, 0.3) is 0 Å². The maximum Gasteiger partial charge on any atom is 0.311 e. The zero-order chi connectivity index (χ0) is 13.9. The van der Waals surface area contributed by atoms with Gasteiger partial charge >= 0.3 is 5.97 Å². The highest BCUT2D eigenvalue weighted by atomic mass is 16.7. The van der Waals surface area contributed by atoms with Crippen molar-refractivity contribution >= 4 is 5.97 Å². The first-order valence-corrected chi connectivity index (χ1v) is 7.31. The predicted octanol–water partition coefficient (Wildman–Crippen LogP) is 1.20. The Kier molecular flexibility index (Phi) is 4.48. The number of fused-ring (bicyclic) bond motifs is 2. The molecule has 0 aliphatic carbocycles. The number of ether oxygens (including phenoxy) is 2. The summed E-state index contributed by atoms with van der Waals surface area (Å²) < 4.78 is 11.3. The fraction of sp³-hybridized carbons (Fsp3) is 0.929. The number of esters is 1. The van der Waals surface area contributed by atoms with Gasteiger partial charge in [0, 0.05) is 6.42 Å². The van der Waals surface area contributed by atoms with Gasteiger partial charge in [-0.1, -0.05) is 26.7 Å². The molecule has 2 aliphatic rings. The number of unbranched alkanes of at least 4 members (excludes halogenated alkanes) is 1. The highest BCUT2D eigenvalue weighted by Crippen LogP contribution is 2.40. The van der Waals surface area contributed by atoms with Gasteiger partial charge in [-0.15, -0.1) is 0 Å². The van der Waals surface area contributed by atoms with E-state index in [9.17, 15) is 9.90 Å². The minimum Gasteiger partial charge on any atom is -0.431 e. The second-order valence-corrected chi connectivity index (χ2v) is 5.84. The Morgan fingerprint density at radius 3 is 2.79 bits per heavy atom. The topological polar surface area (TPSA) is 67.8 Å². The molecular formula is C14H25NO4. The van der Waals surface area contributed by atoms with E-state index in [0.717, 1.165) is 25.7 Å². The number of carbonyl (C=O) groups is 1. The van der Waals surface area contributed by atoms with Crippen molar-refractivity contribution in [2.24, 2.45) is 5.92 Å². The summed E-state index contributed by atoms with van der Waals surface area (Å²) in [6.45, 7) is 5.03. The molecule has 0 radical (unpaired) electrons. The first kappa shape index (κ1) is 14.8. The average Bonchev–Trinajstić information content (AvgIpc) is 2.96. The van der Waals surface area contributed by atoms with Gasteiger partial charge in [0.1, 0.15) is 0 Å². The second kappa shape index (κ2) is 5.77. The molecule has 0 saturated carbocycles. The largest absolute Gasteiger partial charge is 0.431 e. The van der Waals surface area contributed by atoms with Gasteiger partial charge in [-0.2, -0.15) is 0 Å². The molecule has 0 aromatic rings. The number of hydrogen-bond donors (Lipinski definition) is 2. The van der Waals surface area contributed by atoms with Crippen LogP contribution in [0.2, 0.25) is 0 Å². The summed E-state index contributed by atoms with van der Waals surface area (Å²) >= 11 is 0. The number of carbonyl (C=O) groups excluding carboxylic acids is 1. The Balaban J connectivity index is 1.92. The van der Waals surface area contributed by atoms with Gasteiger partial charge in [0.05, 0.1) is 31.2 Å². The lowest BCUT2D eigenvalue weighted by molar-refractivity contribution is -0.216. The molecule has 3 atom stereocenters. The molecule has 0 amide bonds. The summed E-state index contributed by atoms with van der Waals surface area (Å²) in [7, 11) is 0. The van der Waals surface area contributed by atoms with Crippen LogP contribution in [0.1, 0.15) is 46.0 Å². The van der Waals surface area contributed by atoms with Crippen LogP contribution in [0.3, 0.4) is 0 Å². The summed E-state index contributed by atoms with van der Waals surface area (Å²) in [5, 5.41) is 12.6. The summed E-state index contributed by atoms with van der Waals surface area (Å²) in [5.74, 6) is -1.05. The molecule has 1 unspecified atom stereocenters. The van der Waals surface area contributed by atoms with Crippen LogP contribution in [0.25, 0.3) is 0 Å². The summed E-state index contributed by atoms with van der Waals surface area (Å²) in [6, 6.07) is 0. The lowest BCUT2D eigenvalue weighted by atomic mass is 9.99. The molecule has 2 rings (SSSR count). The third-order valence-electron chi connectivity index (χ3n) is 4.27. The van der Waals surface area contributed by atoms with Crippen molar-refractivity contribution in [2.45, 2.75) is 57.3 Å². The molecule has 2 saturated heterocycles. The van der Waals surface area contributed by atoms with Gasteiger partial charge in [-0.3, -0.25) is 4.79 Å². The van der Waals surface area contributed by atoms with E-state index >= 15 is 0 Å². The zero-order valence-electron chi connectivity index (χ0n) is 11.9. The van der Waals surface area contributed by atoms with Crippen LogP contribution in [0, 0.1) is 5.92 Å². The van der Waals surface area contributed by atoms with E-state index in [1.165, 1.54) is 0 Å². The molecule has 2 aliphatic heterocycles. The van der Waals surface area contributed by atoms with E-state index in [4.69, 9.17) is 9.47 Å². The van der Waals surface area contributed by atoms with Crippen LogP contribution in [0.4, 0.5) is 0 Å². The molecule has 2 N–H and O–H groups in total. The van der Waals surface area contributed by atoms with Crippen molar-refractivity contribution in [1.82, 2.24) is 5.32 Å². The van der Waals surface area contributed by atoms with Crippen molar-refractivity contribution in [3.63, 3.8) is 0 Å². The SMILES string of the molecule is CCCCC(CC)C(=O)O[C@@]12CN[C@](CO)(CO1)C2. The molecule has 19 heavy (non-hydrogen) atoms. The number of rotatable bonds is 7. The number of aliphatic hydroxyl groups is 1. The Morgan fingerprint density at radius 2 is 2.32 bits per heavy atom. The van der Waals surface area contributed by atoms with Crippen molar-refractivity contribution in [3.05, 3.63) is 0 Å². The van der Waals surface area contributed by atoms with Crippen LogP contribution >= 0.6 is 0 Å². The Bertz CT molecular complexity index is 323. The average molecular weight is 271 g/mol. The van der Waals surface area contributed by atoms with E-state index < -0.39 is 11.3 Å². The number of aliphatic hydroxyl groups excluding tert-OH is 1. The first-order chi connectivity index (χ1) is 9.09. The van der Waals surface area contributed by atoms with Crippen molar-refractivity contribution < 1.29 is 19.4 Å². The molecule has 0 aromatic carbocycles. The Labute approximate surface area is 114 Å².